The molecule has 0 saturated carbocycles. The summed E-state index contributed by atoms with van der Waals surface area (Å²) < 4.78 is 32.9. The van der Waals surface area contributed by atoms with Gasteiger partial charge >= 0.3 is 0 Å². The van der Waals surface area contributed by atoms with Crippen LogP contribution in [-0.2, 0) is 14.8 Å². The second kappa shape index (κ2) is 9.86. The Morgan fingerprint density at radius 3 is 2.52 bits per heavy atom. The highest BCUT2D eigenvalue weighted by atomic mass is 32.2. The zero-order valence-corrected chi connectivity index (χ0v) is 17.9. The van der Waals surface area contributed by atoms with Gasteiger partial charge in [0.15, 0.2) is 0 Å². The van der Waals surface area contributed by atoms with Crippen molar-refractivity contribution >= 4 is 27.8 Å². The van der Waals surface area contributed by atoms with Crippen LogP contribution in [-0.4, -0.2) is 39.2 Å². The number of anilines is 1. The lowest BCUT2D eigenvalue weighted by Crippen LogP contribution is -2.39. The van der Waals surface area contributed by atoms with Crippen molar-refractivity contribution in [2.45, 2.75) is 11.8 Å². The molecule has 0 radical (unpaired) electrons. The van der Waals surface area contributed by atoms with E-state index in [-0.39, 0.29) is 4.90 Å². The van der Waals surface area contributed by atoms with E-state index in [0.717, 1.165) is 15.4 Å². The van der Waals surface area contributed by atoms with Crippen molar-refractivity contribution < 1.29 is 17.9 Å². The number of aryl methyl sites for hydroxylation is 1. The van der Waals surface area contributed by atoms with E-state index in [9.17, 15) is 13.2 Å². The average Bonchev–Trinajstić information content (AvgIpc) is 2.78. The number of rotatable bonds is 8. The van der Waals surface area contributed by atoms with Gasteiger partial charge in [-0.15, -0.1) is 0 Å². The van der Waals surface area contributed by atoms with Crippen LogP contribution in [0.1, 0.15) is 11.1 Å². The van der Waals surface area contributed by atoms with Crippen molar-refractivity contribution in [1.82, 2.24) is 10.4 Å². The fourth-order valence-electron chi connectivity index (χ4n) is 2.71. The number of carbonyl (C=O) groups excluding carboxylic acids is 1. The molecule has 0 bridgehead atoms. The number of sulfonamides is 1. The molecule has 0 spiro atoms. The third kappa shape index (κ3) is 5.67. The van der Waals surface area contributed by atoms with Crippen LogP contribution < -0.4 is 14.5 Å². The predicted molar refractivity (Wildman–Crippen MR) is 119 cm³/mol. The van der Waals surface area contributed by atoms with Crippen molar-refractivity contribution in [3.8, 4) is 5.75 Å². The van der Waals surface area contributed by atoms with Crippen LogP contribution in [0.2, 0.25) is 0 Å². The zero-order chi connectivity index (χ0) is 22.3. The Morgan fingerprint density at radius 1 is 1.13 bits per heavy atom. The van der Waals surface area contributed by atoms with E-state index in [1.54, 1.807) is 60.9 Å². The summed E-state index contributed by atoms with van der Waals surface area (Å²) in [7, 11) is -2.53. The summed E-state index contributed by atoms with van der Waals surface area (Å²) in [6.07, 6.45) is 4.65. The Balaban J connectivity index is 1.87. The van der Waals surface area contributed by atoms with Gasteiger partial charge in [0, 0.05) is 18.5 Å². The largest absolute Gasteiger partial charge is 0.497 e. The van der Waals surface area contributed by atoms with Gasteiger partial charge in [-0.2, -0.15) is 5.10 Å². The van der Waals surface area contributed by atoms with E-state index in [1.165, 1.54) is 25.5 Å². The molecule has 0 aliphatic rings. The van der Waals surface area contributed by atoms with Gasteiger partial charge in [-0.1, -0.05) is 23.8 Å². The summed E-state index contributed by atoms with van der Waals surface area (Å²) >= 11 is 0. The van der Waals surface area contributed by atoms with Crippen LogP contribution in [0.5, 0.6) is 5.75 Å². The van der Waals surface area contributed by atoms with Crippen LogP contribution in [0.4, 0.5) is 5.69 Å². The molecule has 9 heteroatoms. The number of amides is 1. The molecule has 2 aromatic carbocycles. The third-order valence-electron chi connectivity index (χ3n) is 4.35. The highest BCUT2D eigenvalue weighted by molar-refractivity contribution is 7.92. The van der Waals surface area contributed by atoms with Crippen LogP contribution in [0.15, 0.2) is 83.1 Å². The molecule has 0 aliphatic heterocycles. The normalized spacial score (nSPS) is 11.3. The highest BCUT2D eigenvalue weighted by Gasteiger charge is 2.27. The number of pyridine rings is 1. The van der Waals surface area contributed by atoms with Crippen LogP contribution in [0.3, 0.4) is 0 Å². The number of benzene rings is 2. The first-order chi connectivity index (χ1) is 14.9. The van der Waals surface area contributed by atoms with Gasteiger partial charge in [0.05, 0.1) is 23.9 Å². The molecule has 160 valence electrons. The highest BCUT2D eigenvalue weighted by Crippen LogP contribution is 2.27. The van der Waals surface area contributed by atoms with E-state index in [0.29, 0.717) is 11.4 Å². The first-order valence-electron chi connectivity index (χ1n) is 9.35. The number of nitrogens with one attached hydrogen (secondary N) is 1. The van der Waals surface area contributed by atoms with Crippen LogP contribution in [0.25, 0.3) is 0 Å². The summed E-state index contributed by atoms with van der Waals surface area (Å²) in [6.45, 7) is 1.40. The molecule has 0 saturated heterocycles. The standard InChI is InChI=1S/C22H22N4O4S/c1-17-6-8-21(9-7-17)31(28,29)26(19-4-3-5-20(14-19)30-2)16-22(27)25-24-15-18-10-12-23-13-11-18/h3-15H,16H2,1-2H3,(H,25,27)/b24-15-. The quantitative estimate of drug-likeness (QED) is 0.431. The lowest BCUT2D eigenvalue weighted by atomic mass is 10.2. The molecular weight excluding hydrogens is 416 g/mol. The maximum atomic E-state index is 13.3. The third-order valence-corrected chi connectivity index (χ3v) is 6.13. The van der Waals surface area contributed by atoms with Crippen molar-refractivity contribution in [1.29, 1.82) is 0 Å². The molecular formula is C22H22N4O4S. The molecule has 0 aliphatic carbocycles. The van der Waals surface area contributed by atoms with Crippen molar-refractivity contribution in [2.24, 2.45) is 5.10 Å². The second-order valence-electron chi connectivity index (χ2n) is 6.60. The molecule has 31 heavy (non-hydrogen) atoms. The molecule has 3 aromatic rings. The van der Waals surface area contributed by atoms with E-state index < -0.39 is 22.5 Å². The number of carbonyl (C=O) groups is 1. The SMILES string of the molecule is COc1cccc(N(CC(=O)N/N=C\c2ccncc2)S(=O)(=O)c2ccc(C)cc2)c1. The number of hydrogen-bond donors (Lipinski definition) is 1. The summed E-state index contributed by atoms with van der Waals surface area (Å²) in [4.78, 5) is 16.5. The van der Waals surface area contributed by atoms with E-state index in [1.807, 2.05) is 6.92 Å². The van der Waals surface area contributed by atoms with E-state index in [2.05, 4.69) is 15.5 Å². The summed E-state index contributed by atoms with van der Waals surface area (Å²) in [5.41, 5.74) is 4.33. The molecule has 1 heterocycles. The monoisotopic (exact) mass is 438 g/mol. The minimum Gasteiger partial charge on any atom is -0.497 e. The van der Waals surface area contributed by atoms with E-state index >= 15 is 0 Å². The topological polar surface area (TPSA) is 101 Å². The number of hydrogen-bond acceptors (Lipinski definition) is 6. The first-order valence-corrected chi connectivity index (χ1v) is 10.8. The van der Waals surface area contributed by atoms with Gasteiger partial charge in [0.25, 0.3) is 15.9 Å². The minimum absolute atomic E-state index is 0.0778. The Bertz CT molecular complexity index is 1160. The zero-order valence-electron chi connectivity index (χ0n) is 17.1. The van der Waals surface area contributed by atoms with Gasteiger partial charge in [-0.25, -0.2) is 13.8 Å². The second-order valence-corrected chi connectivity index (χ2v) is 8.46. The van der Waals surface area contributed by atoms with Crippen molar-refractivity contribution in [3.63, 3.8) is 0 Å². The Morgan fingerprint density at radius 2 is 1.84 bits per heavy atom. The van der Waals surface area contributed by atoms with Gasteiger partial charge < -0.3 is 4.74 Å². The predicted octanol–water partition coefficient (Wildman–Crippen LogP) is 2.74. The minimum atomic E-state index is -4.01. The summed E-state index contributed by atoms with van der Waals surface area (Å²) in [5, 5.41) is 3.89. The van der Waals surface area contributed by atoms with Crippen molar-refractivity contribution in [3.05, 3.63) is 84.2 Å². The smallest absolute Gasteiger partial charge is 0.264 e. The van der Waals surface area contributed by atoms with Crippen molar-refractivity contribution in [2.75, 3.05) is 18.0 Å². The molecule has 1 aromatic heterocycles. The van der Waals surface area contributed by atoms with Crippen LogP contribution in [0, 0.1) is 6.92 Å². The Hall–Kier alpha value is -3.72. The van der Waals surface area contributed by atoms with Gasteiger partial charge in [-0.3, -0.25) is 14.1 Å². The molecule has 0 unspecified atom stereocenters. The Kier molecular flexibility index (Phi) is 6.99. The van der Waals surface area contributed by atoms with Gasteiger partial charge in [0.2, 0.25) is 0 Å². The maximum absolute atomic E-state index is 13.3. The molecule has 1 N–H and O–H groups in total. The lowest BCUT2D eigenvalue weighted by Gasteiger charge is -2.24. The molecule has 0 fully saturated rings. The van der Waals surface area contributed by atoms with Crippen LogP contribution >= 0.6 is 0 Å². The van der Waals surface area contributed by atoms with Gasteiger partial charge in [-0.05, 0) is 48.9 Å². The summed E-state index contributed by atoms with van der Waals surface area (Å²) in [6, 6.07) is 16.4. The first kappa shape index (κ1) is 22.0. The van der Waals surface area contributed by atoms with E-state index in [4.69, 9.17) is 4.74 Å². The lowest BCUT2D eigenvalue weighted by molar-refractivity contribution is -0.119. The molecule has 1 amide bonds. The fourth-order valence-corrected chi connectivity index (χ4v) is 4.13. The number of hydrazone groups is 1. The maximum Gasteiger partial charge on any atom is 0.264 e. The number of methoxy groups -OCH3 is 1. The van der Waals surface area contributed by atoms with Gasteiger partial charge in [0.1, 0.15) is 12.3 Å². The molecule has 8 nitrogen and oxygen atoms in total. The molecule has 0 atom stereocenters. The number of aromatic nitrogens is 1. The average molecular weight is 439 g/mol. The number of ether oxygens (including phenoxy) is 1. The fraction of sp³-hybridized carbons (Fsp3) is 0.136. The number of nitrogens with zero attached hydrogens (tertiary/aromatic N) is 3. The summed E-state index contributed by atoms with van der Waals surface area (Å²) in [5.74, 6) is -0.124. The molecule has 3 rings (SSSR count). The Labute approximate surface area is 181 Å².